The van der Waals surface area contributed by atoms with E-state index in [1.54, 1.807) is 39.0 Å². The minimum atomic E-state index is -0.470. The summed E-state index contributed by atoms with van der Waals surface area (Å²) in [5, 5.41) is 30.2. The smallest absolute Gasteiger partial charge is 0.852 e. The molecule has 0 radical (unpaired) electrons. The fraction of sp³-hybridized carbons (Fsp3) is 0.500. The van der Waals surface area contributed by atoms with Gasteiger partial charge in [0.15, 0.2) is 0 Å². The van der Waals surface area contributed by atoms with E-state index >= 15 is 0 Å². The van der Waals surface area contributed by atoms with Gasteiger partial charge in [0.25, 0.3) is 0 Å². The van der Waals surface area contributed by atoms with Gasteiger partial charge in [0.1, 0.15) is 0 Å². The molecule has 0 N–H and O–H groups in total. The molecule has 3 unspecified atom stereocenters. The van der Waals surface area contributed by atoms with E-state index in [4.69, 9.17) is 0 Å². The molecule has 1 rings (SSSR count). The van der Waals surface area contributed by atoms with Crippen molar-refractivity contribution in [2.75, 3.05) is 0 Å². The molecule has 0 saturated carbocycles. The third-order valence-electron chi connectivity index (χ3n) is 2.08. The van der Waals surface area contributed by atoms with Gasteiger partial charge in [0, 0.05) is 0 Å². The molecule has 0 aromatic carbocycles. The van der Waals surface area contributed by atoms with Crippen molar-refractivity contribution in [3.8, 4) is 0 Å². The Morgan fingerprint density at radius 3 is 1.25 bits per heavy atom. The fourth-order valence-electron chi connectivity index (χ4n) is 1.04. The zero-order valence-corrected chi connectivity index (χ0v) is 19.0. The van der Waals surface area contributed by atoms with Gasteiger partial charge in [-0.15, -0.1) is 44.5 Å². The third-order valence-corrected chi connectivity index (χ3v) is 2.08. The van der Waals surface area contributed by atoms with Gasteiger partial charge in [-0.05, 0) is 19.3 Å². The van der Waals surface area contributed by atoms with E-state index in [1.165, 1.54) is 0 Å². The van der Waals surface area contributed by atoms with Gasteiger partial charge in [-0.3, -0.25) is 6.08 Å². The second-order valence-electron chi connectivity index (χ2n) is 5.01. The van der Waals surface area contributed by atoms with Crippen molar-refractivity contribution in [1.82, 2.24) is 0 Å². The van der Waals surface area contributed by atoms with Crippen LogP contribution in [0, 0.1) is 6.08 Å². The van der Waals surface area contributed by atoms with Gasteiger partial charge in [-0.25, -0.2) is 12.2 Å². The molecule has 3 nitrogen and oxygen atoms in total. The summed E-state index contributed by atoms with van der Waals surface area (Å²) in [5.74, 6) is 0. The molecule has 0 saturated heterocycles. The van der Waals surface area contributed by atoms with Crippen LogP contribution in [0.15, 0.2) is 56.2 Å². The van der Waals surface area contributed by atoms with Crippen LogP contribution in [0.2, 0.25) is 0 Å². The van der Waals surface area contributed by atoms with Gasteiger partial charge < -0.3 is 15.3 Å². The molecule has 1 aliphatic carbocycles. The third kappa shape index (κ3) is 49.6. The van der Waals surface area contributed by atoms with Crippen molar-refractivity contribution in [1.29, 1.82) is 0 Å². The number of hydrogen-bond donors (Lipinski definition) is 0. The second kappa shape index (κ2) is 27.3. The molecule has 0 aliphatic heterocycles. The van der Waals surface area contributed by atoms with Crippen molar-refractivity contribution in [3.05, 3.63) is 62.3 Å². The molecule has 0 amide bonds. The Morgan fingerprint density at radius 2 is 1.21 bits per heavy atom. The van der Waals surface area contributed by atoms with Crippen LogP contribution in [0.1, 0.15) is 46.5 Å². The molecule has 0 aromatic rings. The first-order valence-electron chi connectivity index (χ1n) is 7.83. The van der Waals surface area contributed by atoms with E-state index in [0.29, 0.717) is 19.3 Å². The van der Waals surface area contributed by atoms with Crippen molar-refractivity contribution < 1.29 is 41.2 Å². The van der Waals surface area contributed by atoms with Crippen LogP contribution in [0.3, 0.4) is 0 Å². The van der Waals surface area contributed by atoms with E-state index in [0.717, 1.165) is 6.42 Å². The van der Waals surface area contributed by atoms with Crippen LogP contribution >= 0.6 is 0 Å². The molecule has 1 aliphatic rings. The molecule has 3 atom stereocenters. The summed E-state index contributed by atoms with van der Waals surface area (Å²) in [4.78, 5) is 0. The largest absolute Gasteiger partial charge is 4.00 e. The summed E-state index contributed by atoms with van der Waals surface area (Å²) < 4.78 is 0. The van der Waals surface area contributed by atoms with Crippen LogP contribution in [0.25, 0.3) is 0 Å². The van der Waals surface area contributed by atoms with E-state index in [2.05, 4.69) is 31.9 Å². The van der Waals surface area contributed by atoms with Crippen molar-refractivity contribution in [2.45, 2.75) is 64.8 Å². The minimum Gasteiger partial charge on any atom is -0.852 e. The first-order chi connectivity index (χ1) is 10.8. The Kier molecular flexibility index (Phi) is 35.5. The van der Waals surface area contributed by atoms with Crippen molar-refractivity contribution in [3.63, 3.8) is 0 Å². The zero-order valence-electron chi connectivity index (χ0n) is 15.4. The molecule has 0 fully saturated rings. The van der Waals surface area contributed by atoms with Crippen LogP contribution in [0.5, 0.6) is 0 Å². The Hall–Kier alpha value is -0.550. The van der Waals surface area contributed by atoms with Crippen LogP contribution in [-0.4, -0.2) is 18.3 Å². The van der Waals surface area contributed by atoms with Gasteiger partial charge in [-0.2, -0.15) is 6.08 Å². The average molecular weight is 499 g/mol. The van der Waals surface area contributed by atoms with E-state index in [1.807, 2.05) is 12.2 Å². The summed E-state index contributed by atoms with van der Waals surface area (Å²) in [7, 11) is 0. The molecule has 24 heavy (non-hydrogen) atoms. The Bertz CT molecular complexity index is 276. The monoisotopic (exact) mass is 500 g/mol. The predicted octanol–water partition coefficient (Wildman–Crippen LogP) is 2.24. The summed E-state index contributed by atoms with van der Waals surface area (Å²) in [6, 6.07) is 0. The Morgan fingerprint density at radius 1 is 0.875 bits per heavy atom. The summed E-state index contributed by atoms with van der Waals surface area (Å²) in [6.07, 6.45) is 15.2. The van der Waals surface area contributed by atoms with Gasteiger partial charge >= 0.3 is 25.8 Å². The zero-order chi connectivity index (χ0) is 18.5. The number of rotatable bonds is 6. The van der Waals surface area contributed by atoms with Crippen LogP contribution in [-0.2, 0) is 25.8 Å². The number of allylic oxidation sites excluding steroid dienone is 4. The van der Waals surface area contributed by atoms with Gasteiger partial charge in [0.05, 0.1) is 0 Å². The molecular formula is C20H32HfO3. The summed E-state index contributed by atoms with van der Waals surface area (Å²) in [6.45, 7) is 15.1. The Balaban J connectivity index is -0.000000110. The van der Waals surface area contributed by atoms with Crippen molar-refractivity contribution in [2.24, 2.45) is 0 Å². The van der Waals surface area contributed by atoms with Crippen LogP contribution in [0.4, 0.5) is 0 Å². The maximum atomic E-state index is 10.1. The van der Waals surface area contributed by atoms with E-state index in [9.17, 15) is 15.3 Å². The number of hydrogen-bond acceptors (Lipinski definition) is 3. The van der Waals surface area contributed by atoms with Crippen LogP contribution < -0.4 is 15.3 Å². The molecule has 0 bridgehead atoms. The summed E-state index contributed by atoms with van der Waals surface area (Å²) in [5.41, 5.74) is 0. The quantitative estimate of drug-likeness (QED) is 0.320. The normalized spacial score (nSPS) is 13.9. The first-order valence-corrected chi connectivity index (χ1v) is 7.83. The average Bonchev–Trinajstić information content (AvgIpc) is 2.98. The predicted molar refractivity (Wildman–Crippen MR) is 94.4 cm³/mol. The van der Waals surface area contributed by atoms with Gasteiger partial charge in [0.2, 0.25) is 0 Å². The molecule has 0 spiro atoms. The maximum absolute atomic E-state index is 10.1. The minimum absolute atomic E-state index is 0. The van der Waals surface area contributed by atoms with Gasteiger partial charge in [-0.1, -0.05) is 39.0 Å². The first kappa shape index (κ1) is 31.2. The Labute approximate surface area is 168 Å². The SMILES string of the molecule is C=CCC(C)[O-].C=CCC(C)[O-].C=CCC(C)[O-].[C-]1=CC=CC1.[Hf+4]. The molecular weight excluding hydrogens is 467 g/mol. The van der Waals surface area contributed by atoms with E-state index < -0.39 is 18.3 Å². The molecule has 0 aromatic heterocycles. The van der Waals surface area contributed by atoms with Crippen molar-refractivity contribution >= 4 is 0 Å². The maximum Gasteiger partial charge on any atom is 4.00 e. The topological polar surface area (TPSA) is 69.2 Å². The second-order valence-corrected chi connectivity index (χ2v) is 5.01. The van der Waals surface area contributed by atoms with E-state index in [-0.39, 0.29) is 25.8 Å². The molecule has 0 heterocycles. The summed E-state index contributed by atoms with van der Waals surface area (Å²) >= 11 is 0. The standard InChI is InChI=1S/3C5H9O.C5H5.Hf/c3*1-3-4-5(2)6;1-2-4-5-3-1;/h3*3,5H,1,4H2,2H3;1-3H,4H2;/q4*-1;+4. The molecule has 134 valence electrons. The molecule has 4 heteroatoms. The fourth-order valence-corrected chi connectivity index (χ4v) is 1.04.